The van der Waals surface area contributed by atoms with Gasteiger partial charge in [-0.15, -0.1) is 15.0 Å². The molecular formula is C36H44N10O5. The standard InChI is InChI=1S/C36H44N10O5/c1-6-23-30(43-11-12-44(25-8-7-24(25)43)34(50)29-31(48)20(2)38-19-39-29)32(49)28-33(42-46(41-28)22-9-10-37-27(13-22)51-5)45(23)16-26(47)40-21-14-36(15-21)17-35(3,4)18-36/h9-10,13,19,21,24-25,48H,6-8,11-12,14-18H2,1-5H3,(H,40,47)/t24-,25-/m0/s1. The molecule has 4 aromatic heterocycles. The van der Waals surface area contributed by atoms with E-state index >= 15 is 0 Å². The third-order valence-electron chi connectivity index (χ3n) is 11.4. The number of hydrogen-bond donors (Lipinski definition) is 2. The molecule has 4 fully saturated rings. The number of nitrogens with zero attached hydrogens (tertiary/aromatic N) is 9. The molecule has 0 bridgehead atoms. The average molecular weight is 697 g/mol. The number of carbonyl (C=O) groups excluding carboxylic acids is 2. The molecule has 5 heterocycles. The van der Waals surface area contributed by atoms with E-state index in [0.29, 0.717) is 64.6 Å². The van der Waals surface area contributed by atoms with Crippen LogP contribution in [-0.4, -0.2) is 94.7 Å². The van der Waals surface area contributed by atoms with Gasteiger partial charge >= 0.3 is 0 Å². The van der Waals surface area contributed by atoms with Crippen LogP contribution in [0.25, 0.3) is 16.9 Å². The maximum Gasteiger partial charge on any atom is 0.276 e. The zero-order valence-electron chi connectivity index (χ0n) is 29.7. The van der Waals surface area contributed by atoms with Gasteiger partial charge in [0.2, 0.25) is 17.2 Å². The highest BCUT2D eigenvalue weighted by molar-refractivity contribution is 5.95. The number of fused-ring (bicyclic) bond motifs is 2. The maximum atomic E-state index is 14.6. The summed E-state index contributed by atoms with van der Waals surface area (Å²) in [5.41, 5.74) is 3.00. The van der Waals surface area contributed by atoms with E-state index in [1.807, 2.05) is 11.5 Å². The van der Waals surface area contributed by atoms with E-state index < -0.39 is 0 Å². The van der Waals surface area contributed by atoms with Gasteiger partial charge in [0, 0.05) is 43.1 Å². The van der Waals surface area contributed by atoms with Crippen molar-refractivity contribution >= 4 is 28.7 Å². The van der Waals surface area contributed by atoms with Crippen LogP contribution in [0.3, 0.4) is 0 Å². The van der Waals surface area contributed by atoms with E-state index in [-0.39, 0.29) is 58.9 Å². The van der Waals surface area contributed by atoms with Gasteiger partial charge in [-0.3, -0.25) is 14.4 Å². The van der Waals surface area contributed by atoms with Crippen LogP contribution in [-0.2, 0) is 17.8 Å². The molecule has 8 rings (SSSR count). The Hall–Kier alpha value is -5.08. The van der Waals surface area contributed by atoms with Gasteiger partial charge in [-0.25, -0.2) is 15.0 Å². The second-order valence-corrected chi connectivity index (χ2v) is 15.5. The molecule has 3 aliphatic carbocycles. The molecule has 4 aliphatic rings. The minimum absolute atomic E-state index is 0.0147. The topological polar surface area (TPSA) is 173 Å². The fourth-order valence-corrected chi connectivity index (χ4v) is 9.50. The van der Waals surface area contributed by atoms with Crippen molar-refractivity contribution in [3.63, 3.8) is 0 Å². The Labute approximate surface area is 295 Å². The maximum absolute atomic E-state index is 14.6. The molecule has 2 N–H and O–H groups in total. The molecule has 15 heteroatoms. The summed E-state index contributed by atoms with van der Waals surface area (Å²) < 4.78 is 7.16. The normalized spacial score (nSPS) is 21.8. The lowest BCUT2D eigenvalue weighted by Crippen LogP contribution is -2.67. The van der Waals surface area contributed by atoms with Gasteiger partial charge in [0.15, 0.2) is 22.6 Å². The van der Waals surface area contributed by atoms with E-state index in [1.54, 1.807) is 30.2 Å². The number of rotatable bonds is 8. The molecule has 3 saturated carbocycles. The third kappa shape index (κ3) is 5.48. The number of carbonyl (C=O) groups is 2. The smallest absolute Gasteiger partial charge is 0.276 e. The van der Waals surface area contributed by atoms with Gasteiger partial charge in [0.25, 0.3) is 5.91 Å². The Morgan fingerprint density at radius 1 is 1.08 bits per heavy atom. The number of aromatic hydroxyl groups is 1. The molecule has 1 spiro atoms. The molecule has 4 aromatic rings. The second kappa shape index (κ2) is 12.0. The van der Waals surface area contributed by atoms with Crippen molar-refractivity contribution < 1.29 is 19.4 Å². The molecule has 15 nitrogen and oxygen atoms in total. The van der Waals surface area contributed by atoms with Crippen LogP contribution in [0.15, 0.2) is 29.5 Å². The number of aromatic nitrogens is 7. The average Bonchev–Trinajstić information content (AvgIpc) is 3.52. The highest BCUT2D eigenvalue weighted by atomic mass is 16.5. The van der Waals surface area contributed by atoms with Crippen LogP contribution in [0.2, 0.25) is 0 Å². The number of hydrogen-bond acceptors (Lipinski definition) is 11. The first-order valence-corrected chi connectivity index (χ1v) is 17.8. The molecule has 0 radical (unpaired) electrons. The molecule has 2 atom stereocenters. The SMILES string of the molecule is CCc1c(N2CCN(C(=O)c3ncnc(C)c3O)[C@H]3CC[C@@H]32)c(=O)c2nn(-c3ccnc(OC)c3)nc2n1CC(=O)NC1CC2(C1)CC(C)(C)C2. The van der Waals surface area contributed by atoms with Crippen LogP contribution in [0, 0.1) is 17.8 Å². The number of piperazine rings is 1. The number of methoxy groups -OCH3 is 1. The number of amides is 2. The van der Waals surface area contributed by atoms with Gasteiger partial charge in [-0.1, -0.05) is 20.8 Å². The molecule has 1 aliphatic heterocycles. The van der Waals surface area contributed by atoms with Crippen LogP contribution in [0.5, 0.6) is 11.6 Å². The number of pyridine rings is 2. The summed E-state index contributed by atoms with van der Waals surface area (Å²) in [6.07, 6.45) is 9.23. The van der Waals surface area contributed by atoms with Crippen molar-refractivity contribution in [1.82, 2.24) is 44.7 Å². The molecule has 51 heavy (non-hydrogen) atoms. The Balaban J connectivity index is 1.14. The summed E-state index contributed by atoms with van der Waals surface area (Å²) in [5, 5.41) is 23.3. The Kier molecular flexibility index (Phi) is 7.79. The van der Waals surface area contributed by atoms with Crippen molar-refractivity contribution in [3.05, 3.63) is 52.0 Å². The lowest BCUT2D eigenvalue weighted by Gasteiger charge is -2.61. The van der Waals surface area contributed by atoms with Crippen molar-refractivity contribution in [3.8, 4) is 17.3 Å². The monoisotopic (exact) mass is 696 g/mol. The second-order valence-electron chi connectivity index (χ2n) is 15.5. The number of anilines is 1. The quantitative estimate of drug-likeness (QED) is 0.277. The Morgan fingerprint density at radius 3 is 2.53 bits per heavy atom. The van der Waals surface area contributed by atoms with Gasteiger partial charge in [-0.2, -0.15) is 0 Å². The predicted octanol–water partition coefficient (Wildman–Crippen LogP) is 2.93. The molecule has 0 aromatic carbocycles. The lowest BCUT2D eigenvalue weighted by molar-refractivity contribution is -0.129. The first kappa shape index (κ1) is 33.1. The molecule has 268 valence electrons. The van der Waals surface area contributed by atoms with Crippen LogP contribution < -0.4 is 20.4 Å². The Morgan fingerprint density at radius 2 is 1.84 bits per heavy atom. The number of aryl methyl sites for hydroxylation is 1. The van der Waals surface area contributed by atoms with Gasteiger partial charge < -0.3 is 29.5 Å². The van der Waals surface area contributed by atoms with Crippen molar-refractivity contribution in [2.45, 2.75) is 97.3 Å². The first-order chi connectivity index (χ1) is 24.4. The highest BCUT2D eigenvalue weighted by Gasteiger charge is 2.56. The highest BCUT2D eigenvalue weighted by Crippen LogP contribution is 2.64. The van der Waals surface area contributed by atoms with E-state index in [9.17, 15) is 19.5 Å². The van der Waals surface area contributed by atoms with Crippen molar-refractivity contribution in [2.24, 2.45) is 10.8 Å². The lowest BCUT2D eigenvalue weighted by atomic mass is 9.45. The summed E-state index contributed by atoms with van der Waals surface area (Å²) in [6, 6.07) is 3.22. The van der Waals surface area contributed by atoms with Gasteiger partial charge in [0.05, 0.1) is 24.5 Å². The van der Waals surface area contributed by atoms with Gasteiger partial charge in [0.1, 0.15) is 18.6 Å². The zero-order chi connectivity index (χ0) is 35.8. The third-order valence-corrected chi connectivity index (χ3v) is 11.4. The van der Waals surface area contributed by atoms with E-state index in [2.05, 4.69) is 44.1 Å². The zero-order valence-corrected chi connectivity index (χ0v) is 29.7. The fourth-order valence-electron chi connectivity index (χ4n) is 9.50. The van der Waals surface area contributed by atoms with Crippen LogP contribution in [0.1, 0.15) is 81.2 Å². The first-order valence-electron chi connectivity index (χ1n) is 17.8. The number of nitrogens with one attached hydrogen (secondary N) is 1. The molecular weight excluding hydrogens is 652 g/mol. The summed E-state index contributed by atoms with van der Waals surface area (Å²) in [7, 11) is 1.52. The summed E-state index contributed by atoms with van der Waals surface area (Å²) in [6.45, 7) is 8.91. The van der Waals surface area contributed by atoms with E-state index in [0.717, 1.165) is 25.7 Å². The van der Waals surface area contributed by atoms with E-state index in [1.165, 1.54) is 31.1 Å². The van der Waals surface area contributed by atoms with Gasteiger partial charge in [-0.05, 0) is 68.8 Å². The van der Waals surface area contributed by atoms with Crippen LogP contribution >= 0.6 is 0 Å². The summed E-state index contributed by atoms with van der Waals surface area (Å²) in [5.74, 6) is -0.327. The fraction of sp³-hybridized carbons (Fsp3) is 0.556. The molecule has 2 amide bonds. The predicted molar refractivity (Wildman–Crippen MR) is 187 cm³/mol. The largest absolute Gasteiger partial charge is 0.504 e. The minimum atomic E-state index is -0.355. The molecule has 1 saturated heterocycles. The van der Waals surface area contributed by atoms with Crippen molar-refractivity contribution in [2.75, 3.05) is 25.1 Å². The van der Waals surface area contributed by atoms with E-state index in [4.69, 9.17) is 9.84 Å². The summed E-state index contributed by atoms with van der Waals surface area (Å²) >= 11 is 0. The number of ether oxygens (including phenoxy) is 1. The Bertz CT molecular complexity index is 2110. The minimum Gasteiger partial charge on any atom is -0.504 e. The molecule has 0 unspecified atom stereocenters. The van der Waals surface area contributed by atoms with Crippen LogP contribution in [0.4, 0.5) is 5.69 Å². The summed E-state index contributed by atoms with van der Waals surface area (Å²) in [4.78, 5) is 59.5. The van der Waals surface area contributed by atoms with Crippen molar-refractivity contribution in [1.29, 1.82) is 0 Å².